The Labute approximate surface area is 147 Å². The van der Waals surface area contributed by atoms with E-state index in [0.717, 1.165) is 66.0 Å². The van der Waals surface area contributed by atoms with Gasteiger partial charge in [0, 0.05) is 48.2 Å². The largest absolute Gasteiger partial charge is 0.399 e. The fourth-order valence-corrected chi connectivity index (χ4v) is 3.19. The van der Waals surface area contributed by atoms with Crippen LogP contribution in [0.15, 0.2) is 30.5 Å². The molecule has 128 valence electrons. The molecule has 6 nitrogen and oxygen atoms in total. The molecule has 4 rings (SSSR count). The molecule has 2 aromatic heterocycles. The maximum atomic E-state index is 5.75. The molecule has 1 aromatic carbocycles. The van der Waals surface area contributed by atoms with Gasteiger partial charge in [0.15, 0.2) is 5.82 Å². The second-order valence-corrected chi connectivity index (χ2v) is 6.64. The number of rotatable bonds is 3. The van der Waals surface area contributed by atoms with Crippen molar-refractivity contribution in [1.82, 2.24) is 24.8 Å². The Morgan fingerprint density at radius 1 is 1.16 bits per heavy atom. The second kappa shape index (κ2) is 6.29. The highest BCUT2D eigenvalue weighted by molar-refractivity contribution is 5.58. The van der Waals surface area contributed by atoms with Gasteiger partial charge >= 0.3 is 0 Å². The molecule has 6 heteroatoms. The summed E-state index contributed by atoms with van der Waals surface area (Å²) in [5, 5.41) is 0. The maximum Gasteiger partial charge on any atom is 0.159 e. The van der Waals surface area contributed by atoms with Crippen molar-refractivity contribution in [2.45, 2.75) is 33.4 Å². The van der Waals surface area contributed by atoms with E-state index < -0.39 is 0 Å². The predicted molar refractivity (Wildman–Crippen MR) is 97.8 cm³/mol. The van der Waals surface area contributed by atoms with E-state index in [1.54, 1.807) is 0 Å². The van der Waals surface area contributed by atoms with Gasteiger partial charge < -0.3 is 10.7 Å². The number of aromatic nitrogens is 4. The fraction of sp³-hybridized carbons (Fsp3) is 0.316. The van der Waals surface area contributed by atoms with Crippen LogP contribution in [0.2, 0.25) is 0 Å². The lowest BCUT2D eigenvalue weighted by Gasteiger charge is -2.27. The van der Waals surface area contributed by atoms with Gasteiger partial charge in [-0.05, 0) is 38.1 Å². The van der Waals surface area contributed by atoms with Crippen molar-refractivity contribution in [3.05, 3.63) is 58.9 Å². The highest BCUT2D eigenvalue weighted by Crippen LogP contribution is 2.22. The molecule has 25 heavy (non-hydrogen) atoms. The van der Waals surface area contributed by atoms with Gasteiger partial charge in [-0.25, -0.2) is 15.0 Å². The van der Waals surface area contributed by atoms with Crippen LogP contribution in [0.4, 0.5) is 5.69 Å². The summed E-state index contributed by atoms with van der Waals surface area (Å²) in [7, 11) is 0. The average molecular weight is 334 g/mol. The van der Waals surface area contributed by atoms with Crippen LogP contribution in [0.3, 0.4) is 0 Å². The molecule has 3 aromatic rings. The van der Waals surface area contributed by atoms with Crippen LogP contribution in [0, 0.1) is 13.8 Å². The molecular formula is C19H22N6. The van der Waals surface area contributed by atoms with E-state index in [0.29, 0.717) is 0 Å². The predicted octanol–water partition coefficient (Wildman–Crippen LogP) is 2.62. The number of fused-ring (bicyclic) bond motifs is 1. The van der Waals surface area contributed by atoms with Gasteiger partial charge in [-0.15, -0.1) is 0 Å². The van der Waals surface area contributed by atoms with E-state index in [9.17, 15) is 0 Å². The van der Waals surface area contributed by atoms with Crippen molar-refractivity contribution in [2.24, 2.45) is 0 Å². The van der Waals surface area contributed by atoms with E-state index in [1.807, 2.05) is 37.4 Å². The van der Waals surface area contributed by atoms with Gasteiger partial charge in [0.2, 0.25) is 0 Å². The summed E-state index contributed by atoms with van der Waals surface area (Å²) >= 11 is 0. The number of nitrogens with one attached hydrogen (secondary N) is 1. The van der Waals surface area contributed by atoms with Crippen molar-refractivity contribution in [3.8, 4) is 11.4 Å². The summed E-state index contributed by atoms with van der Waals surface area (Å²) in [4.78, 5) is 19.6. The first kappa shape index (κ1) is 15.8. The van der Waals surface area contributed by atoms with Crippen molar-refractivity contribution in [2.75, 3.05) is 12.3 Å². The molecule has 0 unspecified atom stereocenters. The van der Waals surface area contributed by atoms with E-state index in [2.05, 4.69) is 26.8 Å². The van der Waals surface area contributed by atoms with Gasteiger partial charge in [-0.3, -0.25) is 4.90 Å². The lowest BCUT2D eigenvalue weighted by atomic mass is 10.1. The van der Waals surface area contributed by atoms with Crippen LogP contribution in [0.25, 0.3) is 11.4 Å². The van der Waals surface area contributed by atoms with Crippen molar-refractivity contribution in [1.29, 1.82) is 0 Å². The zero-order valence-electron chi connectivity index (χ0n) is 14.6. The molecule has 0 amide bonds. The van der Waals surface area contributed by atoms with Gasteiger partial charge in [0.05, 0.1) is 17.9 Å². The smallest absolute Gasteiger partial charge is 0.159 e. The molecule has 0 saturated heterocycles. The highest BCUT2D eigenvalue weighted by Gasteiger charge is 2.20. The van der Waals surface area contributed by atoms with E-state index >= 15 is 0 Å². The minimum absolute atomic E-state index is 0.751. The number of imidazole rings is 1. The lowest BCUT2D eigenvalue weighted by Crippen LogP contribution is -2.31. The first-order valence-corrected chi connectivity index (χ1v) is 8.53. The monoisotopic (exact) mass is 334 g/mol. The molecule has 0 bridgehead atoms. The summed E-state index contributed by atoms with van der Waals surface area (Å²) in [6.07, 6.45) is 2.89. The van der Waals surface area contributed by atoms with Crippen molar-refractivity contribution in [3.63, 3.8) is 0 Å². The van der Waals surface area contributed by atoms with Gasteiger partial charge in [0.25, 0.3) is 0 Å². The Kier molecular flexibility index (Phi) is 3.97. The van der Waals surface area contributed by atoms with Gasteiger partial charge in [-0.2, -0.15) is 0 Å². The Balaban J connectivity index is 1.51. The number of nitrogen functional groups attached to an aromatic ring is 1. The number of hydrogen-bond acceptors (Lipinski definition) is 5. The number of aromatic amines is 1. The number of nitrogens with zero attached hydrogens (tertiary/aromatic N) is 4. The third-order valence-corrected chi connectivity index (χ3v) is 4.73. The Bertz CT molecular complexity index is 877. The fourth-order valence-electron chi connectivity index (χ4n) is 3.19. The van der Waals surface area contributed by atoms with E-state index in [-0.39, 0.29) is 0 Å². The number of hydrogen-bond donors (Lipinski definition) is 2. The van der Waals surface area contributed by atoms with Crippen molar-refractivity contribution < 1.29 is 0 Å². The van der Waals surface area contributed by atoms with Crippen LogP contribution in [-0.4, -0.2) is 31.4 Å². The standard InChI is InChI=1S/C19H22N6/c1-12-13(2)23-18(22-12)11-25-8-7-17-15(10-25)9-21-19(24-17)14-3-5-16(20)6-4-14/h3-6,9H,7-8,10-11,20H2,1-2H3,(H,22,23). The number of aryl methyl sites for hydroxylation is 2. The number of anilines is 1. The van der Waals surface area contributed by atoms with Crippen LogP contribution < -0.4 is 5.73 Å². The number of benzene rings is 1. The minimum atomic E-state index is 0.751. The quantitative estimate of drug-likeness (QED) is 0.719. The SMILES string of the molecule is Cc1nc(CN2CCc3nc(-c4ccc(N)cc4)ncc3C2)[nH]c1C. The molecule has 0 fully saturated rings. The summed E-state index contributed by atoms with van der Waals surface area (Å²) < 4.78 is 0. The van der Waals surface area contributed by atoms with Crippen molar-refractivity contribution >= 4 is 5.69 Å². The lowest BCUT2D eigenvalue weighted by molar-refractivity contribution is 0.237. The second-order valence-electron chi connectivity index (χ2n) is 6.64. The van der Waals surface area contributed by atoms with Gasteiger partial charge in [0.1, 0.15) is 5.82 Å². The normalized spacial score (nSPS) is 14.5. The number of nitrogens with two attached hydrogens (primary N) is 1. The van der Waals surface area contributed by atoms with Crippen LogP contribution in [0.1, 0.15) is 28.5 Å². The van der Waals surface area contributed by atoms with E-state index in [4.69, 9.17) is 10.7 Å². The topological polar surface area (TPSA) is 83.7 Å². The molecule has 0 aliphatic carbocycles. The van der Waals surface area contributed by atoms with Crippen LogP contribution in [-0.2, 0) is 19.5 Å². The zero-order valence-corrected chi connectivity index (χ0v) is 14.6. The Morgan fingerprint density at radius 3 is 2.68 bits per heavy atom. The van der Waals surface area contributed by atoms with Crippen LogP contribution >= 0.6 is 0 Å². The number of H-pyrrole nitrogens is 1. The third kappa shape index (κ3) is 3.25. The first-order chi connectivity index (χ1) is 12.1. The molecule has 3 heterocycles. The maximum absolute atomic E-state index is 5.75. The molecule has 3 N–H and O–H groups in total. The minimum Gasteiger partial charge on any atom is -0.399 e. The molecule has 1 aliphatic heterocycles. The summed E-state index contributed by atoms with van der Waals surface area (Å²) in [6.45, 7) is 6.76. The average Bonchev–Trinajstić information content (AvgIpc) is 2.92. The summed E-state index contributed by atoms with van der Waals surface area (Å²) in [5.74, 6) is 1.79. The summed E-state index contributed by atoms with van der Waals surface area (Å²) in [6, 6.07) is 7.70. The first-order valence-electron chi connectivity index (χ1n) is 8.53. The molecule has 0 spiro atoms. The zero-order chi connectivity index (χ0) is 17.4. The van der Waals surface area contributed by atoms with Gasteiger partial charge in [-0.1, -0.05) is 0 Å². The highest BCUT2D eigenvalue weighted by atomic mass is 15.2. The molecule has 0 atom stereocenters. The van der Waals surface area contributed by atoms with E-state index in [1.165, 1.54) is 5.56 Å². The third-order valence-electron chi connectivity index (χ3n) is 4.73. The van der Waals surface area contributed by atoms with Crippen LogP contribution in [0.5, 0.6) is 0 Å². The summed E-state index contributed by atoms with van der Waals surface area (Å²) in [5.41, 5.74) is 12.1. The Morgan fingerprint density at radius 2 is 1.96 bits per heavy atom. The molecule has 0 radical (unpaired) electrons. The Hall–Kier alpha value is -2.73. The molecule has 1 aliphatic rings. The molecule has 0 saturated carbocycles. The molecular weight excluding hydrogens is 312 g/mol.